The number of hydrogen-bond acceptors (Lipinski definition) is 4. The molecule has 2 rings (SSSR count). The first-order chi connectivity index (χ1) is 10.8. The maximum atomic E-state index is 10.0. The molecule has 2 N–H and O–H groups in total. The third-order valence-electron chi connectivity index (χ3n) is 3.17. The molecule has 0 aromatic heterocycles. The van der Waals surface area contributed by atoms with E-state index in [4.69, 9.17) is 9.47 Å². The quantitative estimate of drug-likeness (QED) is 0.699. The fourth-order valence-electron chi connectivity index (χ4n) is 2.06. The molecule has 117 valence electrons. The fraction of sp³-hybridized carbons (Fsp3) is 0.278. The number of hydrogen-bond donors (Lipinski definition) is 2. The zero-order valence-electron chi connectivity index (χ0n) is 12.6. The molecule has 4 heteroatoms. The molecule has 22 heavy (non-hydrogen) atoms. The third-order valence-corrected chi connectivity index (χ3v) is 3.17. The molecular formula is C18H22NO3. The molecule has 0 amide bonds. The van der Waals surface area contributed by atoms with Gasteiger partial charge >= 0.3 is 0 Å². The van der Waals surface area contributed by atoms with Crippen molar-refractivity contribution in [3.05, 3.63) is 67.1 Å². The first-order valence-corrected chi connectivity index (χ1v) is 7.39. The van der Waals surface area contributed by atoms with Crippen molar-refractivity contribution in [1.29, 1.82) is 0 Å². The summed E-state index contributed by atoms with van der Waals surface area (Å²) in [5.41, 5.74) is 0.908. The Labute approximate surface area is 131 Å². The van der Waals surface area contributed by atoms with Gasteiger partial charge in [0, 0.05) is 13.1 Å². The van der Waals surface area contributed by atoms with Gasteiger partial charge in [0.2, 0.25) is 0 Å². The minimum Gasteiger partial charge on any atom is -0.490 e. The predicted octanol–water partition coefficient (Wildman–Crippen LogP) is 2.60. The third kappa shape index (κ3) is 5.06. The molecule has 1 atom stereocenters. The lowest BCUT2D eigenvalue weighted by molar-refractivity contribution is 0.171. The Balaban J connectivity index is 1.69. The maximum absolute atomic E-state index is 10.0. The monoisotopic (exact) mass is 300 g/mol. The minimum absolute atomic E-state index is 0.363. The van der Waals surface area contributed by atoms with E-state index in [1.807, 2.05) is 54.6 Å². The van der Waals surface area contributed by atoms with Crippen molar-refractivity contribution in [3.8, 4) is 11.5 Å². The van der Waals surface area contributed by atoms with Gasteiger partial charge in [-0.1, -0.05) is 42.5 Å². The van der Waals surface area contributed by atoms with Crippen molar-refractivity contribution in [3.63, 3.8) is 0 Å². The number of aliphatic hydroxyl groups is 1. The van der Waals surface area contributed by atoms with Crippen molar-refractivity contribution < 1.29 is 14.6 Å². The first kappa shape index (κ1) is 16.3. The highest BCUT2D eigenvalue weighted by Crippen LogP contribution is 2.25. The molecule has 0 aliphatic rings. The summed E-state index contributed by atoms with van der Waals surface area (Å²) in [5, 5.41) is 13.2. The number of benzene rings is 2. The van der Waals surface area contributed by atoms with E-state index in [-0.39, 0.29) is 0 Å². The molecule has 1 radical (unpaired) electrons. The zero-order chi connectivity index (χ0) is 15.6. The number of aliphatic hydroxyl groups excluding tert-OH is 1. The molecule has 0 spiro atoms. The van der Waals surface area contributed by atoms with Crippen LogP contribution in [0.2, 0.25) is 0 Å². The Bertz CT molecular complexity index is 545. The van der Waals surface area contributed by atoms with Crippen LogP contribution in [0.1, 0.15) is 11.7 Å². The molecular weight excluding hydrogens is 278 g/mol. The minimum atomic E-state index is -0.511. The molecule has 0 fully saturated rings. The second-order valence-corrected chi connectivity index (χ2v) is 4.77. The lowest BCUT2D eigenvalue weighted by Crippen LogP contribution is -2.26. The molecule has 2 aromatic carbocycles. The van der Waals surface area contributed by atoms with Gasteiger partial charge in [-0.3, -0.25) is 0 Å². The van der Waals surface area contributed by atoms with E-state index < -0.39 is 6.10 Å². The average Bonchev–Trinajstić information content (AvgIpc) is 2.57. The highest BCUT2D eigenvalue weighted by molar-refractivity contribution is 5.39. The van der Waals surface area contributed by atoms with Gasteiger partial charge in [0.05, 0.1) is 12.7 Å². The maximum Gasteiger partial charge on any atom is 0.161 e. The number of ether oxygens (including phenoxy) is 2. The van der Waals surface area contributed by atoms with Gasteiger partial charge in [0.1, 0.15) is 6.61 Å². The highest BCUT2D eigenvalue weighted by atomic mass is 16.5. The number of nitrogens with one attached hydrogen (secondary N) is 1. The van der Waals surface area contributed by atoms with Crippen LogP contribution >= 0.6 is 0 Å². The zero-order valence-corrected chi connectivity index (χ0v) is 12.6. The lowest BCUT2D eigenvalue weighted by atomic mass is 10.1. The summed E-state index contributed by atoms with van der Waals surface area (Å²) in [6.45, 7) is 5.66. The summed E-state index contributed by atoms with van der Waals surface area (Å²) < 4.78 is 11.1. The Morgan fingerprint density at radius 1 is 0.955 bits per heavy atom. The van der Waals surface area contributed by atoms with Gasteiger partial charge in [0.15, 0.2) is 11.5 Å². The molecule has 0 saturated heterocycles. The largest absolute Gasteiger partial charge is 0.490 e. The normalized spacial score (nSPS) is 11.9. The van der Waals surface area contributed by atoms with Crippen LogP contribution < -0.4 is 14.8 Å². The summed E-state index contributed by atoms with van der Waals surface area (Å²) in [6, 6.07) is 17.1. The summed E-state index contributed by atoms with van der Waals surface area (Å²) in [7, 11) is 0. The topological polar surface area (TPSA) is 50.7 Å². The van der Waals surface area contributed by atoms with Gasteiger partial charge < -0.3 is 19.9 Å². The van der Waals surface area contributed by atoms with Crippen LogP contribution in [0.5, 0.6) is 11.5 Å². The van der Waals surface area contributed by atoms with E-state index in [0.29, 0.717) is 37.8 Å². The van der Waals surface area contributed by atoms with E-state index in [2.05, 4.69) is 12.2 Å². The molecule has 0 bridgehead atoms. The Morgan fingerprint density at radius 2 is 1.59 bits per heavy atom. The van der Waals surface area contributed by atoms with E-state index in [0.717, 1.165) is 5.56 Å². The van der Waals surface area contributed by atoms with E-state index in [1.54, 1.807) is 0 Å². The summed E-state index contributed by atoms with van der Waals surface area (Å²) in [5.74, 6) is 1.40. The van der Waals surface area contributed by atoms with Crippen molar-refractivity contribution in [2.75, 3.05) is 26.3 Å². The van der Waals surface area contributed by atoms with Gasteiger partial charge in [-0.25, -0.2) is 0 Å². The van der Waals surface area contributed by atoms with Crippen LogP contribution in [0.15, 0.2) is 54.6 Å². The standard InChI is InChI=1S/C18H22NO3/c1-2-21-17-10-6-7-11-18(17)22-13-12-19-14-16(20)15-8-4-3-5-9-15/h3-11,16,19-20H,1-2,12-14H2. The number of para-hydroxylation sites is 2. The van der Waals surface area contributed by atoms with E-state index in [1.165, 1.54) is 0 Å². The number of rotatable bonds is 9. The molecule has 1 unspecified atom stereocenters. The van der Waals surface area contributed by atoms with Gasteiger partial charge in [-0.15, -0.1) is 0 Å². The van der Waals surface area contributed by atoms with Gasteiger partial charge in [-0.2, -0.15) is 0 Å². The molecule has 4 nitrogen and oxygen atoms in total. The lowest BCUT2D eigenvalue weighted by Gasteiger charge is -2.14. The Morgan fingerprint density at radius 3 is 2.27 bits per heavy atom. The smallest absolute Gasteiger partial charge is 0.161 e. The summed E-state index contributed by atoms with van der Waals surface area (Å²) in [4.78, 5) is 0. The highest BCUT2D eigenvalue weighted by Gasteiger charge is 2.06. The van der Waals surface area contributed by atoms with Crippen LogP contribution in [0, 0.1) is 6.92 Å². The SMILES string of the molecule is [CH2]COc1ccccc1OCCNCC(O)c1ccccc1. The van der Waals surface area contributed by atoms with Crippen LogP contribution in [0.25, 0.3) is 0 Å². The second kappa shape index (κ2) is 9.07. The molecule has 0 saturated carbocycles. The van der Waals surface area contributed by atoms with Gasteiger partial charge in [-0.05, 0) is 24.6 Å². The van der Waals surface area contributed by atoms with E-state index in [9.17, 15) is 5.11 Å². The second-order valence-electron chi connectivity index (χ2n) is 4.77. The van der Waals surface area contributed by atoms with Crippen molar-refractivity contribution in [1.82, 2.24) is 5.32 Å². The van der Waals surface area contributed by atoms with Crippen molar-refractivity contribution in [2.24, 2.45) is 0 Å². The van der Waals surface area contributed by atoms with Crippen molar-refractivity contribution in [2.45, 2.75) is 6.10 Å². The molecule has 2 aromatic rings. The van der Waals surface area contributed by atoms with E-state index >= 15 is 0 Å². The Kier molecular flexibility index (Phi) is 6.74. The van der Waals surface area contributed by atoms with Gasteiger partial charge in [0.25, 0.3) is 0 Å². The van der Waals surface area contributed by atoms with Crippen molar-refractivity contribution >= 4 is 0 Å². The molecule has 0 aliphatic carbocycles. The van der Waals surface area contributed by atoms with Crippen LogP contribution in [0.4, 0.5) is 0 Å². The predicted molar refractivity (Wildman–Crippen MR) is 87.1 cm³/mol. The van der Waals surface area contributed by atoms with Crippen LogP contribution in [-0.2, 0) is 0 Å². The molecule has 0 aliphatic heterocycles. The summed E-state index contributed by atoms with van der Waals surface area (Å²) in [6.07, 6.45) is -0.511. The van der Waals surface area contributed by atoms with Crippen LogP contribution in [0.3, 0.4) is 0 Å². The fourth-order valence-corrected chi connectivity index (χ4v) is 2.06. The Hall–Kier alpha value is -2.04. The average molecular weight is 300 g/mol. The van der Waals surface area contributed by atoms with Crippen LogP contribution in [-0.4, -0.2) is 31.4 Å². The summed E-state index contributed by atoms with van der Waals surface area (Å²) >= 11 is 0. The first-order valence-electron chi connectivity index (χ1n) is 7.39. The molecule has 0 heterocycles.